The van der Waals surface area contributed by atoms with Gasteiger partial charge >= 0.3 is 0 Å². The molecule has 2 aromatic rings. The van der Waals surface area contributed by atoms with E-state index in [0.717, 1.165) is 17.5 Å². The summed E-state index contributed by atoms with van der Waals surface area (Å²) < 4.78 is 24.0. The quantitative estimate of drug-likeness (QED) is 0.855. The van der Waals surface area contributed by atoms with Crippen LogP contribution < -0.4 is 14.8 Å². The number of benzene rings is 2. The Morgan fingerprint density at radius 3 is 2.31 bits per heavy atom. The lowest BCUT2D eigenvalue weighted by molar-refractivity contribution is -0.124. The molecule has 26 heavy (non-hydrogen) atoms. The van der Waals surface area contributed by atoms with Crippen LogP contribution in [0.2, 0.25) is 0 Å². The van der Waals surface area contributed by atoms with Crippen LogP contribution in [0.15, 0.2) is 42.5 Å². The third-order valence-corrected chi connectivity index (χ3v) is 5.39. The van der Waals surface area contributed by atoms with Gasteiger partial charge in [0, 0.05) is 12.1 Å². The van der Waals surface area contributed by atoms with Crippen LogP contribution in [0.25, 0.3) is 0 Å². The Kier molecular flexibility index (Phi) is 4.65. The Labute approximate surface area is 153 Å². The van der Waals surface area contributed by atoms with Crippen molar-refractivity contribution in [1.29, 1.82) is 0 Å². The lowest BCUT2D eigenvalue weighted by Crippen LogP contribution is -2.37. The summed E-state index contributed by atoms with van der Waals surface area (Å²) in [6, 6.07) is 11.8. The highest BCUT2D eigenvalue weighted by molar-refractivity contribution is 5.93. The molecule has 1 fully saturated rings. The van der Waals surface area contributed by atoms with E-state index in [4.69, 9.17) is 9.47 Å². The van der Waals surface area contributed by atoms with Crippen LogP contribution >= 0.6 is 0 Å². The van der Waals surface area contributed by atoms with Crippen molar-refractivity contribution in [3.8, 4) is 11.5 Å². The molecular weight excluding hydrogens is 333 g/mol. The van der Waals surface area contributed by atoms with E-state index in [9.17, 15) is 9.18 Å². The number of halogens is 1. The van der Waals surface area contributed by atoms with E-state index in [2.05, 4.69) is 19.2 Å². The van der Waals surface area contributed by atoms with Crippen molar-refractivity contribution < 1.29 is 18.7 Å². The minimum Gasteiger partial charge on any atom is -0.493 e. The van der Waals surface area contributed by atoms with Gasteiger partial charge in [-0.15, -0.1) is 0 Å². The van der Waals surface area contributed by atoms with Gasteiger partial charge in [0.05, 0.1) is 19.6 Å². The second-order valence-electron chi connectivity index (χ2n) is 7.31. The second kappa shape index (κ2) is 6.63. The van der Waals surface area contributed by atoms with Crippen molar-refractivity contribution >= 4 is 5.91 Å². The lowest BCUT2D eigenvalue weighted by atomic mass is 9.87. The number of hydrogen-bond donors (Lipinski definition) is 1. The first-order valence-corrected chi connectivity index (χ1v) is 8.60. The van der Waals surface area contributed by atoms with Gasteiger partial charge in [0.1, 0.15) is 5.82 Å². The lowest BCUT2D eigenvalue weighted by Gasteiger charge is -2.21. The van der Waals surface area contributed by atoms with Gasteiger partial charge in [0.15, 0.2) is 11.5 Å². The fourth-order valence-corrected chi connectivity index (χ4v) is 3.78. The summed E-state index contributed by atoms with van der Waals surface area (Å²) in [5.74, 6) is 0.878. The molecule has 1 saturated carbocycles. The highest BCUT2D eigenvalue weighted by atomic mass is 19.1. The number of methoxy groups -OCH3 is 2. The molecule has 0 heterocycles. The molecule has 1 atom stereocenters. The first-order chi connectivity index (χ1) is 12.4. The van der Waals surface area contributed by atoms with Gasteiger partial charge in [0.25, 0.3) is 0 Å². The third-order valence-electron chi connectivity index (χ3n) is 5.39. The first-order valence-electron chi connectivity index (χ1n) is 8.60. The molecule has 1 unspecified atom stereocenters. The van der Waals surface area contributed by atoms with Crippen molar-refractivity contribution in [3.05, 3.63) is 59.4 Å². The fraction of sp³-hybridized carbons (Fsp3) is 0.381. The van der Waals surface area contributed by atoms with Crippen molar-refractivity contribution in [2.75, 3.05) is 14.2 Å². The molecule has 3 rings (SSSR count). The Morgan fingerprint density at radius 2 is 1.77 bits per heavy atom. The van der Waals surface area contributed by atoms with Crippen LogP contribution in [-0.4, -0.2) is 20.1 Å². The molecule has 0 radical (unpaired) electrons. The van der Waals surface area contributed by atoms with Crippen molar-refractivity contribution in [1.82, 2.24) is 5.32 Å². The summed E-state index contributed by atoms with van der Waals surface area (Å²) in [6.07, 6.45) is 0.729. The average molecular weight is 357 g/mol. The van der Waals surface area contributed by atoms with E-state index < -0.39 is 5.41 Å². The minimum absolute atomic E-state index is 0.0565. The third kappa shape index (κ3) is 2.91. The maximum absolute atomic E-state index is 13.3. The molecule has 0 aromatic heterocycles. The van der Waals surface area contributed by atoms with E-state index in [-0.39, 0.29) is 17.1 Å². The van der Waals surface area contributed by atoms with E-state index in [0.29, 0.717) is 18.0 Å². The molecule has 1 amide bonds. The second-order valence-corrected chi connectivity index (χ2v) is 7.31. The number of carbonyl (C=O) groups is 1. The maximum atomic E-state index is 13.3. The molecule has 4 nitrogen and oxygen atoms in total. The number of nitrogens with one attached hydrogen (secondary N) is 1. The summed E-state index contributed by atoms with van der Waals surface area (Å²) in [5, 5.41) is 3.03. The number of rotatable bonds is 6. The predicted octanol–water partition coefficient (Wildman–Crippen LogP) is 3.83. The van der Waals surface area contributed by atoms with Gasteiger partial charge in [0.2, 0.25) is 5.91 Å². The summed E-state index contributed by atoms with van der Waals surface area (Å²) in [4.78, 5) is 13.1. The van der Waals surface area contributed by atoms with Gasteiger partial charge in [-0.1, -0.05) is 38.1 Å². The largest absolute Gasteiger partial charge is 0.493 e. The number of amides is 1. The van der Waals surface area contributed by atoms with E-state index in [1.54, 1.807) is 26.4 Å². The Morgan fingerprint density at radius 1 is 1.12 bits per heavy atom. The summed E-state index contributed by atoms with van der Waals surface area (Å²) in [7, 11) is 3.16. The van der Waals surface area contributed by atoms with Gasteiger partial charge in [-0.3, -0.25) is 4.79 Å². The number of carbonyl (C=O) groups excluding carboxylic acids is 1. The van der Waals surface area contributed by atoms with Gasteiger partial charge < -0.3 is 14.8 Å². The highest BCUT2D eigenvalue weighted by Crippen LogP contribution is 2.64. The highest BCUT2D eigenvalue weighted by Gasteiger charge is 2.66. The molecule has 0 aliphatic heterocycles. The van der Waals surface area contributed by atoms with E-state index >= 15 is 0 Å². The molecule has 0 spiro atoms. The Hall–Kier alpha value is -2.56. The molecule has 1 aliphatic carbocycles. The van der Waals surface area contributed by atoms with Gasteiger partial charge in [-0.2, -0.15) is 0 Å². The Balaban J connectivity index is 1.82. The molecular formula is C21H24FNO3. The molecule has 2 aromatic carbocycles. The number of para-hydroxylation sites is 1. The maximum Gasteiger partial charge on any atom is 0.231 e. The molecule has 0 saturated heterocycles. The number of hydrogen-bond acceptors (Lipinski definition) is 3. The van der Waals surface area contributed by atoms with Crippen molar-refractivity contribution in [3.63, 3.8) is 0 Å². The standard InChI is InChI=1S/C21H24FNO3/c1-20(2)13-21(20,15-8-10-16(22)11-9-15)19(24)23-12-14-6-5-7-17(25-3)18(14)26-4/h5-11H,12-13H2,1-4H3,(H,23,24). The van der Waals surface area contributed by atoms with E-state index in [1.807, 2.05) is 18.2 Å². The fourth-order valence-electron chi connectivity index (χ4n) is 3.78. The first kappa shape index (κ1) is 18.2. The summed E-state index contributed by atoms with van der Waals surface area (Å²) in [5.41, 5.74) is 0.882. The number of ether oxygens (including phenoxy) is 2. The van der Waals surface area contributed by atoms with Crippen molar-refractivity contribution in [2.45, 2.75) is 32.2 Å². The molecule has 1 aliphatic rings. The smallest absolute Gasteiger partial charge is 0.231 e. The summed E-state index contributed by atoms with van der Waals surface area (Å²) in [6.45, 7) is 4.45. The zero-order valence-corrected chi connectivity index (χ0v) is 15.6. The monoisotopic (exact) mass is 357 g/mol. The minimum atomic E-state index is -0.632. The molecule has 0 bridgehead atoms. The van der Waals surface area contributed by atoms with Gasteiger partial charge in [-0.05, 0) is 35.6 Å². The molecule has 138 valence electrons. The van der Waals surface area contributed by atoms with E-state index in [1.165, 1.54) is 12.1 Å². The van der Waals surface area contributed by atoms with Gasteiger partial charge in [-0.25, -0.2) is 4.39 Å². The van der Waals surface area contributed by atoms with Crippen LogP contribution in [0.4, 0.5) is 4.39 Å². The van der Waals surface area contributed by atoms with Crippen LogP contribution in [0.5, 0.6) is 11.5 Å². The normalized spacial score (nSPS) is 20.3. The zero-order chi connectivity index (χ0) is 18.9. The van der Waals surface area contributed by atoms with Crippen LogP contribution in [0.1, 0.15) is 31.4 Å². The zero-order valence-electron chi connectivity index (χ0n) is 15.6. The predicted molar refractivity (Wildman–Crippen MR) is 97.9 cm³/mol. The topological polar surface area (TPSA) is 47.6 Å². The summed E-state index contributed by atoms with van der Waals surface area (Å²) >= 11 is 0. The SMILES string of the molecule is COc1cccc(CNC(=O)C2(c3ccc(F)cc3)CC2(C)C)c1OC. The van der Waals surface area contributed by atoms with Crippen LogP contribution in [0.3, 0.4) is 0 Å². The van der Waals surface area contributed by atoms with Crippen molar-refractivity contribution in [2.24, 2.45) is 5.41 Å². The van der Waals surface area contributed by atoms with Crippen LogP contribution in [-0.2, 0) is 16.8 Å². The Bertz CT molecular complexity index is 817. The molecule has 5 heteroatoms. The molecule has 1 N–H and O–H groups in total. The van der Waals surface area contributed by atoms with Crippen LogP contribution in [0, 0.1) is 11.2 Å². The average Bonchev–Trinajstić information content (AvgIpc) is 3.23.